The summed E-state index contributed by atoms with van der Waals surface area (Å²) < 4.78 is 0. The van der Waals surface area contributed by atoms with E-state index in [4.69, 9.17) is 0 Å². The van der Waals surface area contributed by atoms with Gasteiger partial charge in [-0.3, -0.25) is 0 Å². The van der Waals surface area contributed by atoms with Crippen LogP contribution in [0.4, 0.5) is 0 Å². The van der Waals surface area contributed by atoms with E-state index in [9.17, 15) is 0 Å². The number of hydrogen-bond donors (Lipinski definition) is 0. The molecule has 6 aromatic carbocycles. The number of allylic oxidation sites excluding steroid dienone is 10. The number of rotatable bonds is 5. The number of benzene rings is 6. The molecule has 1 aliphatic carbocycles. The molecular formula is C45H38. The summed E-state index contributed by atoms with van der Waals surface area (Å²) in [6, 6.07) is 42.7. The lowest BCUT2D eigenvalue weighted by Gasteiger charge is -2.15. The van der Waals surface area contributed by atoms with Crippen molar-refractivity contribution >= 4 is 37.9 Å². The molecule has 7 rings (SSSR count). The van der Waals surface area contributed by atoms with Crippen LogP contribution in [0.1, 0.15) is 39.2 Å². The minimum absolute atomic E-state index is 0.974. The van der Waals surface area contributed by atoms with Crippen LogP contribution in [0.2, 0.25) is 0 Å². The third-order valence-electron chi connectivity index (χ3n) is 9.08. The Morgan fingerprint density at radius 2 is 1.07 bits per heavy atom. The van der Waals surface area contributed by atoms with E-state index in [0.29, 0.717) is 0 Å². The lowest BCUT2D eigenvalue weighted by Crippen LogP contribution is -1.94. The second-order valence-electron chi connectivity index (χ2n) is 12.1. The first-order valence-electron chi connectivity index (χ1n) is 16.1. The molecule has 45 heavy (non-hydrogen) atoms. The molecule has 0 amide bonds. The van der Waals surface area contributed by atoms with E-state index in [1.807, 2.05) is 0 Å². The van der Waals surface area contributed by atoms with Gasteiger partial charge >= 0.3 is 0 Å². The van der Waals surface area contributed by atoms with Crippen molar-refractivity contribution < 1.29 is 0 Å². The van der Waals surface area contributed by atoms with Crippen LogP contribution in [0, 0.1) is 0 Å². The van der Waals surface area contributed by atoms with Gasteiger partial charge in [-0.1, -0.05) is 128 Å². The topological polar surface area (TPSA) is 0 Å². The first kappa shape index (κ1) is 28.6. The predicted octanol–water partition coefficient (Wildman–Crippen LogP) is 13.1. The van der Waals surface area contributed by atoms with Crippen LogP contribution < -0.4 is 0 Å². The Labute approximate surface area is 267 Å². The molecule has 0 spiro atoms. The third kappa shape index (κ3) is 5.85. The quantitative estimate of drug-likeness (QED) is 0.191. The lowest BCUT2D eigenvalue weighted by atomic mass is 9.89. The Morgan fingerprint density at radius 3 is 1.67 bits per heavy atom. The molecule has 218 valence electrons. The van der Waals surface area contributed by atoms with Gasteiger partial charge in [0.1, 0.15) is 0 Å². The summed E-state index contributed by atoms with van der Waals surface area (Å²) in [5, 5.41) is 7.57. The second-order valence-corrected chi connectivity index (χ2v) is 12.1. The zero-order valence-corrected chi connectivity index (χ0v) is 26.3. The van der Waals surface area contributed by atoms with Gasteiger partial charge in [-0.05, 0) is 140 Å². The molecule has 0 N–H and O–H groups in total. The van der Waals surface area contributed by atoms with Gasteiger partial charge in [0.15, 0.2) is 0 Å². The molecule has 0 unspecified atom stereocenters. The molecule has 0 aromatic heterocycles. The molecule has 0 radical (unpaired) electrons. The summed E-state index contributed by atoms with van der Waals surface area (Å²) >= 11 is 0. The van der Waals surface area contributed by atoms with Crippen molar-refractivity contribution in [2.75, 3.05) is 0 Å². The molecule has 0 heterocycles. The Bertz CT molecular complexity index is 2230. The molecule has 0 nitrogen and oxygen atoms in total. The zero-order chi connectivity index (χ0) is 30.8. The van der Waals surface area contributed by atoms with Gasteiger partial charge in [-0.25, -0.2) is 0 Å². The van der Waals surface area contributed by atoms with Crippen LogP contribution in [-0.4, -0.2) is 0 Å². The van der Waals surface area contributed by atoms with Crippen LogP contribution in [0.5, 0.6) is 0 Å². The fourth-order valence-corrected chi connectivity index (χ4v) is 6.44. The average Bonchev–Trinajstić information content (AvgIpc) is 3.08. The maximum atomic E-state index is 2.38. The highest BCUT2D eigenvalue weighted by Gasteiger charge is 2.11. The van der Waals surface area contributed by atoms with Gasteiger partial charge in [-0.2, -0.15) is 0 Å². The molecular weight excluding hydrogens is 540 g/mol. The average molecular weight is 579 g/mol. The molecule has 6 aromatic rings. The maximum Gasteiger partial charge on any atom is -0.0109 e. The Hall–Kier alpha value is -5.20. The van der Waals surface area contributed by atoms with Gasteiger partial charge in [-0.15, -0.1) is 0 Å². The molecule has 0 atom stereocenters. The zero-order valence-electron chi connectivity index (χ0n) is 26.3. The minimum atomic E-state index is 0.974. The standard InChI is InChI=1S/C45H38/c1-4-6-11-35-30-45(32(5-2)14-9-10-31(35)3)43-24-17-34-16-19-42(28-44(34)29-43)41-23-22-39-26-38(20-21-40(39)27-41)37-18-15-33-12-7-8-13-36(33)25-37/h5-9,11-30H,4,10H2,1-3H3/b11-6-,14-9-,32-5+,35-31-,45-30+. The smallest absolute Gasteiger partial charge is 0.0109 e. The highest BCUT2D eigenvalue weighted by Crippen LogP contribution is 2.34. The predicted molar refractivity (Wildman–Crippen MR) is 197 cm³/mol. The normalized spacial score (nSPS) is 18.4. The van der Waals surface area contributed by atoms with Crippen LogP contribution in [0.25, 0.3) is 60.1 Å². The highest BCUT2D eigenvalue weighted by molar-refractivity contribution is 5.96. The largest absolute Gasteiger partial charge is 0.0842 e. The molecule has 0 fully saturated rings. The third-order valence-corrected chi connectivity index (χ3v) is 9.08. The molecule has 0 saturated heterocycles. The van der Waals surface area contributed by atoms with E-state index in [1.165, 1.54) is 82.4 Å². The summed E-state index contributed by atoms with van der Waals surface area (Å²) in [5.74, 6) is 0. The van der Waals surface area contributed by atoms with Crippen molar-refractivity contribution in [1.29, 1.82) is 0 Å². The summed E-state index contributed by atoms with van der Waals surface area (Å²) in [4.78, 5) is 0. The van der Waals surface area contributed by atoms with Gasteiger partial charge in [0.2, 0.25) is 0 Å². The van der Waals surface area contributed by atoms with Gasteiger partial charge in [0.05, 0.1) is 0 Å². The van der Waals surface area contributed by atoms with E-state index < -0.39 is 0 Å². The summed E-state index contributed by atoms with van der Waals surface area (Å²) in [5.41, 5.74) is 11.4. The fourth-order valence-electron chi connectivity index (χ4n) is 6.44. The summed E-state index contributed by atoms with van der Waals surface area (Å²) in [7, 11) is 0. The van der Waals surface area contributed by atoms with Gasteiger partial charge in [0, 0.05) is 0 Å². The van der Waals surface area contributed by atoms with Crippen molar-refractivity contribution in [2.24, 2.45) is 0 Å². The minimum Gasteiger partial charge on any atom is -0.0842 e. The van der Waals surface area contributed by atoms with E-state index >= 15 is 0 Å². The van der Waals surface area contributed by atoms with Gasteiger partial charge in [0.25, 0.3) is 0 Å². The van der Waals surface area contributed by atoms with Crippen LogP contribution in [0.3, 0.4) is 0 Å². The summed E-state index contributed by atoms with van der Waals surface area (Å²) in [6.07, 6.45) is 15.7. The lowest BCUT2D eigenvalue weighted by molar-refractivity contribution is 1.17. The van der Waals surface area contributed by atoms with Gasteiger partial charge < -0.3 is 0 Å². The van der Waals surface area contributed by atoms with E-state index in [0.717, 1.165) is 12.8 Å². The Morgan fingerprint density at radius 1 is 0.578 bits per heavy atom. The molecule has 0 saturated carbocycles. The van der Waals surface area contributed by atoms with E-state index in [2.05, 4.69) is 172 Å². The second kappa shape index (κ2) is 12.4. The number of fused-ring (bicyclic) bond motifs is 3. The highest BCUT2D eigenvalue weighted by atomic mass is 14.2. The molecule has 0 aliphatic heterocycles. The Kier molecular flexibility index (Phi) is 7.89. The molecule has 1 aliphatic rings. The first-order valence-corrected chi connectivity index (χ1v) is 16.1. The van der Waals surface area contributed by atoms with E-state index in [1.54, 1.807) is 0 Å². The number of hydrogen-bond acceptors (Lipinski definition) is 0. The maximum absolute atomic E-state index is 2.38. The van der Waals surface area contributed by atoms with Crippen molar-refractivity contribution in [3.05, 3.63) is 174 Å². The van der Waals surface area contributed by atoms with Crippen molar-refractivity contribution in [3.63, 3.8) is 0 Å². The monoisotopic (exact) mass is 578 g/mol. The van der Waals surface area contributed by atoms with Crippen LogP contribution >= 0.6 is 0 Å². The van der Waals surface area contributed by atoms with Crippen LogP contribution in [0.15, 0.2) is 168 Å². The molecule has 0 heteroatoms. The van der Waals surface area contributed by atoms with Crippen molar-refractivity contribution in [2.45, 2.75) is 33.6 Å². The van der Waals surface area contributed by atoms with Crippen LogP contribution in [-0.2, 0) is 0 Å². The van der Waals surface area contributed by atoms with E-state index in [-0.39, 0.29) is 0 Å². The van der Waals surface area contributed by atoms with Crippen molar-refractivity contribution in [3.8, 4) is 22.3 Å². The first-order chi connectivity index (χ1) is 22.1. The van der Waals surface area contributed by atoms with Crippen molar-refractivity contribution in [1.82, 2.24) is 0 Å². The molecule has 0 bridgehead atoms. The Balaban J connectivity index is 1.25. The fraction of sp³-hybridized carbons (Fsp3) is 0.111. The summed E-state index contributed by atoms with van der Waals surface area (Å²) in [6.45, 7) is 6.57. The SMILES string of the molecule is C/C=C1\C=C/C\C(C)=C(\C=C/CC)/C=C\1c1ccc2ccc(-c3ccc4cc(-c5ccc6ccccc6c5)ccc4c3)cc2c1.